The molecule has 0 aliphatic carbocycles. The fourth-order valence-corrected chi connectivity index (χ4v) is 1.58. The van der Waals surface area contributed by atoms with E-state index in [9.17, 15) is 4.79 Å². The predicted octanol–water partition coefficient (Wildman–Crippen LogP) is 1.47. The Bertz CT molecular complexity index is 347. The molecule has 1 heterocycles. The number of benzene rings is 1. The third kappa shape index (κ3) is 1.30. The molecule has 0 saturated carbocycles. The number of methoxy groups -OCH3 is 1. The SMILES string of the molecule is COC(=O)[C@H]1O[C@@]1(C)c1ccccc1. The summed E-state index contributed by atoms with van der Waals surface area (Å²) in [5.74, 6) is -0.309. The molecule has 2 atom stereocenters. The van der Waals surface area contributed by atoms with Crippen LogP contribution < -0.4 is 0 Å². The Morgan fingerprint density at radius 2 is 2.07 bits per heavy atom. The van der Waals surface area contributed by atoms with Crippen LogP contribution in [-0.4, -0.2) is 19.2 Å². The van der Waals surface area contributed by atoms with E-state index >= 15 is 0 Å². The summed E-state index contributed by atoms with van der Waals surface area (Å²) in [6.45, 7) is 1.89. The molecule has 0 aromatic heterocycles. The fraction of sp³-hybridized carbons (Fsp3) is 0.364. The van der Waals surface area contributed by atoms with Crippen LogP contribution in [0.1, 0.15) is 12.5 Å². The fourth-order valence-electron chi connectivity index (χ4n) is 1.58. The van der Waals surface area contributed by atoms with Crippen molar-refractivity contribution in [2.24, 2.45) is 0 Å². The summed E-state index contributed by atoms with van der Waals surface area (Å²) in [6, 6.07) is 9.68. The standard InChI is InChI=1S/C11H12O3/c1-11(8-6-4-3-5-7-8)9(14-11)10(12)13-2/h3-7,9H,1-2H3/t9-,11+/m1/s1. The third-order valence-electron chi connectivity index (χ3n) is 2.57. The third-order valence-corrected chi connectivity index (χ3v) is 2.57. The molecule has 3 nitrogen and oxygen atoms in total. The van der Waals surface area contributed by atoms with Crippen molar-refractivity contribution in [3.63, 3.8) is 0 Å². The van der Waals surface area contributed by atoms with Gasteiger partial charge in [0, 0.05) is 0 Å². The largest absolute Gasteiger partial charge is 0.467 e. The number of hydrogen-bond donors (Lipinski definition) is 0. The number of esters is 1. The van der Waals surface area contributed by atoms with E-state index in [4.69, 9.17) is 4.74 Å². The number of ether oxygens (including phenoxy) is 2. The van der Waals surface area contributed by atoms with Gasteiger partial charge in [-0.2, -0.15) is 0 Å². The molecular weight excluding hydrogens is 180 g/mol. The topological polar surface area (TPSA) is 38.8 Å². The quantitative estimate of drug-likeness (QED) is 0.526. The van der Waals surface area contributed by atoms with E-state index in [2.05, 4.69) is 4.74 Å². The Balaban J connectivity index is 2.19. The highest BCUT2D eigenvalue weighted by atomic mass is 16.6. The Morgan fingerprint density at radius 3 is 2.64 bits per heavy atom. The number of carbonyl (C=O) groups excluding carboxylic acids is 1. The minimum absolute atomic E-state index is 0.309. The number of epoxide rings is 1. The van der Waals surface area contributed by atoms with E-state index < -0.39 is 11.7 Å². The van der Waals surface area contributed by atoms with Crippen molar-refractivity contribution < 1.29 is 14.3 Å². The maximum absolute atomic E-state index is 11.2. The lowest BCUT2D eigenvalue weighted by atomic mass is 9.98. The molecule has 14 heavy (non-hydrogen) atoms. The van der Waals surface area contributed by atoms with Gasteiger partial charge in [0.2, 0.25) is 0 Å². The average molecular weight is 192 g/mol. The lowest BCUT2D eigenvalue weighted by Crippen LogP contribution is -2.17. The molecule has 0 spiro atoms. The minimum atomic E-state index is -0.492. The van der Waals surface area contributed by atoms with Crippen molar-refractivity contribution in [1.82, 2.24) is 0 Å². The predicted molar refractivity (Wildman–Crippen MR) is 50.7 cm³/mol. The van der Waals surface area contributed by atoms with E-state index in [1.165, 1.54) is 7.11 Å². The molecule has 74 valence electrons. The lowest BCUT2D eigenvalue weighted by molar-refractivity contribution is -0.142. The second-order valence-corrected chi connectivity index (χ2v) is 3.49. The van der Waals surface area contributed by atoms with Gasteiger partial charge in [0.05, 0.1) is 7.11 Å². The van der Waals surface area contributed by atoms with Crippen LogP contribution in [0.15, 0.2) is 30.3 Å². The molecule has 1 aliphatic rings. The molecule has 0 N–H and O–H groups in total. The second-order valence-electron chi connectivity index (χ2n) is 3.49. The van der Waals surface area contributed by atoms with E-state index in [0.717, 1.165) is 5.56 Å². The normalized spacial score (nSPS) is 29.7. The van der Waals surface area contributed by atoms with Crippen LogP contribution in [0.3, 0.4) is 0 Å². The molecule has 1 aromatic rings. The first-order valence-electron chi connectivity index (χ1n) is 4.49. The number of carbonyl (C=O) groups is 1. The molecular formula is C11H12O3. The minimum Gasteiger partial charge on any atom is -0.467 e. The van der Waals surface area contributed by atoms with Crippen molar-refractivity contribution >= 4 is 5.97 Å². The van der Waals surface area contributed by atoms with Crippen molar-refractivity contribution in [3.8, 4) is 0 Å². The molecule has 1 saturated heterocycles. The zero-order valence-electron chi connectivity index (χ0n) is 8.19. The van der Waals surface area contributed by atoms with Crippen LogP contribution in [0.2, 0.25) is 0 Å². The first-order chi connectivity index (χ1) is 6.68. The molecule has 0 radical (unpaired) electrons. The van der Waals surface area contributed by atoms with Crippen molar-refractivity contribution in [2.75, 3.05) is 7.11 Å². The summed E-state index contributed by atoms with van der Waals surface area (Å²) < 4.78 is 10.00. The van der Waals surface area contributed by atoms with Crippen LogP contribution in [-0.2, 0) is 19.9 Å². The van der Waals surface area contributed by atoms with Gasteiger partial charge in [-0.15, -0.1) is 0 Å². The van der Waals surface area contributed by atoms with Crippen LogP contribution in [0.4, 0.5) is 0 Å². The summed E-state index contributed by atoms with van der Waals surface area (Å²) in [4.78, 5) is 11.2. The molecule has 0 unspecified atom stereocenters. The maximum Gasteiger partial charge on any atom is 0.338 e. The van der Waals surface area contributed by atoms with Crippen LogP contribution >= 0.6 is 0 Å². The van der Waals surface area contributed by atoms with Gasteiger partial charge in [-0.1, -0.05) is 30.3 Å². The Labute approximate surface area is 82.6 Å². The zero-order chi connectivity index (χ0) is 10.2. The summed E-state index contributed by atoms with van der Waals surface area (Å²) in [6.07, 6.45) is -0.449. The molecule has 0 amide bonds. The van der Waals surface area contributed by atoms with E-state index in [-0.39, 0.29) is 5.97 Å². The Kier molecular flexibility index (Phi) is 2.04. The maximum atomic E-state index is 11.2. The Morgan fingerprint density at radius 1 is 1.43 bits per heavy atom. The Hall–Kier alpha value is -1.35. The van der Waals surface area contributed by atoms with Crippen molar-refractivity contribution in [3.05, 3.63) is 35.9 Å². The highest BCUT2D eigenvalue weighted by Crippen LogP contribution is 2.46. The van der Waals surface area contributed by atoms with Gasteiger partial charge in [-0.25, -0.2) is 4.79 Å². The van der Waals surface area contributed by atoms with Gasteiger partial charge >= 0.3 is 5.97 Å². The molecule has 1 aromatic carbocycles. The van der Waals surface area contributed by atoms with E-state index in [0.29, 0.717) is 0 Å². The molecule has 0 bridgehead atoms. The summed E-state index contributed by atoms with van der Waals surface area (Å²) in [5.41, 5.74) is 0.518. The van der Waals surface area contributed by atoms with Gasteiger partial charge in [0.25, 0.3) is 0 Å². The smallest absolute Gasteiger partial charge is 0.338 e. The molecule has 1 aliphatic heterocycles. The van der Waals surface area contributed by atoms with Crippen LogP contribution in [0.25, 0.3) is 0 Å². The van der Waals surface area contributed by atoms with Crippen LogP contribution in [0, 0.1) is 0 Å². The number of rotatable bonds is 2. The summed E-state index contributed by atoms with van der Waals surface area (Å²) in [5, 5.41) is 0. The highest BCUT2D eigenvalue weighted by molar-refractivity contribution is 5.79. The zero-order valence-corrected chi connectivity index (χ0v) is 8.19. The van der Waals surface area contributed by atoms with Crippen molar-refractivity contribution in [1.29, 1.82) is 0 Å². The lowest BCUT2D eigenvalue weighted by Gasteiger charge is -2.04. The monoisotopic (exact) mass is 192 g/mol. The molecule has 2 rings (SSSR count). The van der Waals surface area contributed by atoms with Gasteiger partial charge in [-0.3, -0.25) is 0 Å². The van der Waals surface area contributed by atoms with E-state index in [1.807, 2.05) is 37.3 Å². The molecule has 1 fully saturated rings. The van der Waals surface area contributed by atoms with Gasteiger partial charge < -0.3 is 9.47 Å². The first-order valence-corrected chi connectivity index (χ1v) is 4.49. The van der Waals surface area contributed by atoms with Crippen molar-refractivity contribution in [2.45, 2.75) is 18.6 Å². The van der Waals surface area contributed by atoms with Gasteiger partial charge in [0.1, 0.15) is 5.60 Å². The van der Waals surface area contributed by atoms with Gasteiger partial charge in [-0.05, 0) is 12.5 Å². The first kappa shape index (κ1) is 9.21. The van der Waals surface area contributed by atoms with Crippen LogP contribution in [0.5, 0.6) is 0 Å². The summed E-state index contributed by atoms with van der Waals surface area (Å²) >= 11 is 0. The van der Waals surface area contributed by atoms with Gasteiger partial charge in [0.15, 0.2) is 6.10 Å². The average Bonchev–Trinajstić information content (AvgIpc) is 2.93. The highest BCUT2D eigenvalue weighted by Gasteiger charge is 2.59. The molecule has 3 heteroatoms. The second kappa shape index (κ2) is 3.10. The van der Waals surface area contributed by atoms with E-state index in [1.54, 1.807) is 0 Å². The number of hydrogen-bond acceptors (Lipinski definition) is 3. The summed E-state index contributed by atoms with van der Waals surface area (Å²) in [7, 11) is 1.37.